The molecule has 2 atom stereocenters. The first-order valence-electron chi connectivity index (χ1n) is 6.16. The lowest BCUT2D eigenvalue weighted by atomic mass is 10.0. The van der Waals surface area contributed by atoms with Crippen molar-refractivity contribution in [3.05, 3.63) is 23.8 Å². The second-order valence-corrected chi connectivity index (χ2v) is 6.50. The summed E-state index contributed by atoms with van der Waals surface area (Å²) in [4.78, 5) is 0.298. The largest absolute Gasteiger partial charge is 0.399 e. The fourth-order valence-electron chi connectivity index (χ4n) is 1.75. The Hall–Kier alpha value is -1.07. The lowest BCUT2D eigenvalue weighted by Crippen LogP contribution is -2.37. The van der Waals surface area contributed by atoms with E-state index in [0.29, 0.717) is 22.1 Å². The van der Waals surface area contributed by atoms with E-state index in [1.54, 1.807) is 25.1 Å². The zero-order valence-electron chi connectivity index (χ0n) is 11.4. The molecule has 0 aliphatic heterocycles. The Morgan fingerprint density at radius 2 is 1.94 bits per heavy atom. The van der Waals surface area contributed by atoms with Crippen molar-refractivity contribution in [1.82, 2.24) is 4.72 Å². The molecule has 4 nitrogen and oxygen atoms in total. The van der Waals surface area contributed by atoms with Gasteiger partial charge in [-0.05, 0) is 43.5 Å². The molecule has 1 aromatic rings. The molecule has 0 saturated carbocycles. The summed E-state index contributed by atoms with van der Waals surface area (Å²) >= 11 is 0. The van der Waals surface area contributed by atoms with E-state index in [1.807, 2.05) is 20.8 Å². The molecule has 2 unspecified atom stereocenters. The lowest BCUT2D eigenvalue weighted by Gasteiger charge is -2.20. The summed E-state index contributed by atoms with van der Waals surface area (Å²) < 4.78 is 27.2. The standard InChI is InChI=1S/C13H22N2O2S/c1-5-9(2)11(4)15-18(16,17)13-7-6-12(14)8-10(13)3/h6-9,11,15H,5,14H2,1-4H3. The minimum atomic E-state index is -3.47. The molecule has 0 fully saturated rings. The molecule has 0 spiro atoms. The van der Waals surface area contributed by atoms with Crippen molar-refractivity contribution in [2.45, 2.75) is 45.1 Å². The Morgan fingerprint density at radius 3 is 2.44 bits per heavy atom. The second-order valence-electron chi connectivity index (χ2n) is 4.82. The van der Waals surface area contributed by atoms with Crippen molar-refractivity contribution in [2.24, 2.45) is 5.92 Å². The highest BCUT2D eigenvalue weighted by molar-refractivity contribution is 7.89. The van der Waals surface area contributed by atoms with Gasteiger partial charge in [-0.2, -0.15) is 0 Å². The van der Waals surface area contributed by atoms with E-state index < -0.39 is 10.0 Å². The van der Waals surface area contributed by atoms with E-state index in [4.69, 9.17) is 5.73 Å². The van der Waals surface area contributed by atoms with Crippen LogP contribution in [0.25, 0.3) is 0 Å². The zero-order chi connectivity index (χ0) is 13.9. The molecule has 0 aliphatic carbocycles. The first-order valence-corrected chi connectivity index (χ1v) is 7.64. The van der Waals surface area contributed by atoms with Crippen LogP contribution < -0.4 is 10.5 Å². The maximum absolute atomic E-state index is 12.2. The number of hydrogen-bond donors (Lipinski definition) is 2. The van der Waals surface area contributed by atoms with Crippen LogP contribution in [-0.4, -0.2) is 14.5 Å². The van der Waals surface area contributed by atoms with Crippen LogP contribution in [0.1, 0.15) is 32.8 Å². The Morgan fingerprint density at radius 1 is 1.33 bits per heavy atom. The number of rotatable bonds is 5. The summed E-state index contributed by atoms with van der Waals surface area (Å²) in [5.41, 5.74) is 6.86. The van der Waals surface area contributed by atoms with E-state index in [0.717, 1.165) is 6.42 Å². The van der Waals surface area contributed by atoms with Crippen LogP contribution in [0.15, 0.2) is 23.1 Å². The lowest BCUT2D eigenvalue weighted by molar-refractivity contribution is 0.434. The Labute approximate surface area is 110 Å². The molecule has 0 heterocycles. The van der Waals surface area contributed by atoms with Gasteiger partial charge in [0.2, 0.25) is 10.0 Å². The summed E-state index contributed by atoms with van der Waals surface area (Å²) in [6.45, 7) is 7.71. The first-order chi connectivity index (χ1) is 8.27. The van der Waals surface area contributed by atoms with Crippen LogP contribution >= 0.6 is 0 Å². The van der Waals surface area contributed by atoms with Crippen molar-refractivity contribution in [2.75, 3.05) is 5.73 Å². The average molecular weight is 270 g/mol. The summed E-state index contributed by atoms with van der Waals surface area (Å²) in [5, 5.41) is 0. The highest BCUT2D eigenvalue weighted by Gasteiger charge is 2.21. The molecule has 3 N–H and O–H groups in total. The van der Waals surface area contributed by atoms with Gasteiger partial charge in [-0.25, -0.2) is 13.1 Å². The van der Waals surface area contributed by atoms with Gasteiger partial charge in [0.25, 0.3) is 0 Å². The van der Waals surface area contributed by atoms with Crippen molar-refractivity contribution in [1.29, 1.82) is 0 Å². The molecule has 1 rings (SSSR count). The summed E-state index contributed by atoms with van der Waals surface area (Å²) in [5.74, 6) is 0.300. The van der Waals surface area contributed by atoms with E-state index >= 15 is 0 Å². The van der Waals surface area contributed by atoms with Gasteiger partial charge in [-0.3, -0.25) is 0 Å². The van der Waals surface area contributed by atoms with Gasteiger partial charge >= 0.3 is 0 Å². The molecular weight excluding hydrogens is 248 g/mol. The van der Waals surface area contributed by atoms with Gasteiger partial charge in [-0.15, -0.1) is 0 Å². The average Bonchev–Trinajstić information content (AvgIpc) is 2.26. The third kappa shape index (κ3) is 3.46. The maximum atomic E-state index is 12.2. The van der Waals surface area contributed by atoms with Gasteiger partial charge in [0.15, 0.2) is 0 Å². The van der Waals surface area contributed by atoms with E-state index in [1.165, 1.54) is 0 Å². The number of nitrogens with two attached hydrogens (primary N) is 1. The summed E-state index contributed by atoms with van der Waals surface area (Å²) in [6, 6.07) is 4.74. The molecule has 0 amide bonds. The zero-order valence-corrected chi connectivity index (χ0v) is 12.2. The minimum absolute atomic E-state index is 0.0862. The van der Waals surface area contributed by atoms with Crippen molar-refractivity contribution in [3.63, 3.8) is 0 Å². The number of aryl methyl sites for hydroxylation is 1. The van der Waals surface area contributed by atoms with Crippen molar-refractivity contribution >= 4 is 15.7 Å². The van der Waals surface area contributed by atoms with Gasteiger partial charge in [0.05, 0.1) is 4.90 Å². The number of anilines is 1. The first kappa shape index (κ1) is 15.0. The molecule has 102 valence electrons. The molecule has 0 radical (unpaired) electrons. The summed E-state index contributed by atoms with van der Waals surface area (Å²) in [6.07, 6.45) is 0.935. The van der Waals surface area contributed by atoms with Crippen molar-refractivity contribution in [3.8, 4) is 0 Å². The number of nitrogen functional groups attached to an aromatic ring is 1. The Balaban J connectivity index is 3.00. The van der Waals surface area contributed by atoms with Gasteiger partial charge in [-0.1, -0.05) is 20.3 Å². The molecule has 5 heteroatoms. The van der Waals surface area contributed by atoms with Gasteiger partial charge in [0.1, 0.15) is 0 Å². The topological polar surface area (TPSA) is 72.2 Å². The molecule has 0 bridgehead atoms. The highest BCUT2D eigenvalue weighted by Crippen LogP contribution is 2.19. The molecule has 0 saturated heterocycles. The van der Waals surface area contributed by atoms with E-state index in [-0.39, 0.29) is 6.04 Å². The number of sulfonamides is 1. The van der Waals surface area contributed by atoms with Crippen LogP contribution in [0.4, 0.5) is 5.69 Å². The maximum Gasteiger partial charge on any atom is 0.241 e. The number of nitrogens with one attached hydrogen (secondary N) is 1. The normalized spacial score (nSPS) is 15.3. The molecular formula is C13H22N2O2S. The van der Waals surface area contributed by atoms with Crippen molar-refractivity contribution < 1.29 is 8.42 Å². The molecule has 0 aliphatic rings. The third-order valence-electron chi connectivity index (χ3n) is 3.33. The predicted octanol–water partition coefficient (Wildman–Crippen LogP) is 2.29. The fraction of sp³-hybridized carbons (Fsp3) is 0.538. The summed E-state index contributed by atoms with van der Waals surface area (Å²) in [7, 11) is -3.47. The Kier molecular flexibility index (Phi) is 4.76. The minimum Gasteiger partial charge on any atom is -0.399 e. The van der Waals surface area contributed by atoms with E-state index in [9.17, 15) is 8.42 Å². The smallest absolute Gasteiger partial charge is 0.241 e. The predicted molar refractivity (Wildman–Crippen MR) is 74.8 cm³/mol. The van der Waals surface area contributed by atoms with Crippen LogP contribution in [0.3, 0.4) is 0 Å². The fourth-order valence-corrected chi connectivity index (χ4v) is 3.33. The monoisotopic (exact) mass is 270 g/mol. The van der Waals surface area contributed by atoms with Gasteiger partial charge in [0, 0.05) is 11.7 Å². The van der Waals surface area contributed by atoms with Crippen LogP contribution in [0, 0.1) is 12.8 Å². The number of hydrogen-bond acceptors (Lipinski definition) is 3. The quantitative estimate of drug-likeness (QED) is 0.806. The molecule has 0 aromatic heterocycles. The molecule has 18 heavy (non-hydrogen) atoms. The Bertz CT molecular complexity index is 512. The van der Waals surface area contributed by atoms with Crippen LogP contribution in [0.5, 0.6) is 0 Å². The second kappa shape index (κ2) is 5.71. The van der Waals surface area contributed by atoms with E-state index in [2.05, 4.69) is 4.72 Å². The molecule has 1 aromatic carbocycles. The van der Waals surface area contributed by atoms with Gasteiger partial charge < -0.3 is 5.73 Å². The highest BCUT2D eigenvalue weighted by atomic mass is 32.2. The SMILES string of the molecule is CCC(C)C(C)NS(=O)(=O)c1ccc(N)cc1C. The third-order valence-corrected chi connectivity index (χ3v) is 5.05. The van der Waals surface area contributed by atoms with Crippen LogP contribution in [-0.2, 0) is 10.0 Å². The van der Waals surface area contributed by atoms with Crippen LogP contribution in [0.2, 0.25) is 0 Å². The number of benzene rings is 1.